The molecule has 1 fully saturated rings. The van der Waals surface area contributed by atoms with Gasteiger partial charge in [-0.3, -0.25) is 9.69 Å². The van der Waals surface area contributed by atoms with Gasteiger partial charge in [-0.05, 0) is 24.1 Å². The number of amides is 3. The summed E-state index contributed by atoms with van der Waals surface area (Å²) in [6.07, 6.45) is 2.23. The van der Waals surface area contributed by atoms with Gasteiger partial charge in [-0.2, -0.15) is 4.98 Å². The van der Waals surface area contributed by atoms with Crippen molar-refractivity contribution in [3.63, 3.8) is 0 Å². The summed E-state index contributed by atoms with van der Waals surface area (Å²) in [6, 6.07) is 16.1. The molecule has 1 N–H and O–H groups in total. The number of ether oxygens (including phenoxy) is 1. The van der Waals surface area contributed by atoms with Crippen LogP contribution >= 0.6 is 0 Å². The fraction of sp³-hybridized carbons (Fsp3) is 0.304. The molecule has 3 aromatic rings. The summed E-state index contributed by atoms with van der Waals surface area (Å²) >= 11 is 0. The van der Waals surface area contributed by atoms with Crippen molar-refractivity contribution in [2.24, 2.45) is 0 Å². The monoisotopic (exact) mass is 420 g/mol. The van der Waals surface area contributed by atoms with Crippen LogP contribution in [0.25, 0.3) is 11.4 Å². The molecule has 1 saturated heterocycles. The van der Waals surface area contributed by atoms with Crippen molar-refractivity contribution in [3.05, 3.63) is 66.1 Å². The number of imide groups is 1. The number of carbonyl (C=O) groups is 2. The molecule has 0 bridgehead atoms. The molecule has 8 heteroatoms. The fourth-order valence-corrected chi connectivity index (χ4v) is 3.78. The van der Waals surface area contributed by atoms with Gasteiger partial charge in [0.25, 0.3) is 5.91 Å². The van der Waals surface area contributed by atoms with E-state index in [1.165, 1.54) is 0 Å². The zero-order chi connectivity index (χ0) is 21.8. The minimum atomic E-state index is -1.08. The molecular weight excluding hydrogens is 396 g/mol. The lowest BCUT2D eigenvalue weighted by Gasteiger charge is -2.27. The molecule has 0 aliphatic carbocycles. The topological polar surface area (TPSA) is 97.6 Å². The summed E-state index contributed by atoms with van der Waals surface area (Å²) in [7, 11) is 1.58. The van der Waals surface area contributed by atoms with Crippen LogP contribution in [0.15, 0.2) is 59.1 Å². The highest BCUT2D eigenvalue weighted by atomic mass is 16.5. The first-order chi connectivity index (χ1) is 15.1. The molecule has 1 aliphatic heterocycles. The fourth-order valence-electron chi connectivity index (χ4n) is 3.78. The number of nitrogens with one attached hydrogen (secondary N) is 1. The zero-order valence-corrected chi connectivity index (χ0v) is 17.5. The third-order valence-corrected chi connectivity index (χ3v) is 5.44. The second kappa shape index (κ2) is 8.59. The maximum absolute atomic E-state index is 13.4. The number of urea groups is 1. The average molecular weight is 420 g/mol. The van der Waals surface area contributed by atoms with Crippen molar-refractivity contribution in [1.82, 2.24) is 20.4 Å². The summed E-state index contributed by atoms with van der Waals surface area (Å²) < 4.78 is 10.6. The lowest BCUT2D eigenvalue weighted by atomic mass is 9.85. The number of hydrogen-bond donors (Lipinski definition) is 1. The Balaban J connectivity index is 1.59. The van der Waals surface area contributed by atoms with E-state index in [9.17, 15) is 9.59 Å². The third kappa shape index (κ3) is 3.88. The van der Waals surface area contributed by atoms with Crippen LogP contribution in [0.2, 0.25) is 0 Å². The predicted octanol–water partition coefficient (Wildman–Crippen LogP) is 3.88. The van der Waals surface area contributed by atoms with E-state index in [4.69, 9.17) is 9.26 Å². The van der Waals surface area contributed by atoms with Gasteiger partial charge < -0.3 is 14.6 Å². The third-order valence-electron chi connectivity index (χ3n) is 5.44. The first-order valence-electron chi connectivity index (χ1n) is 10.2. The minimum absolute atomic E-state index is 0.0949. The van der Waals surface area contributed by atoms with Gasteiger partial charge in [-0.25, -0.2) is 4.79 Å². The normalized spacial score (nSPS) is 18.3. The summed E-state index contributed by atoms with van der Waals surface area (Å²) in [5, 5.41) is 6.91. The summed E-state index contributed by atoms with van der Waals surface area (Å²) in [5.41, 5.74) is 0.407. The number of hydrogen-bond acceptors (Lipinski definition) is 6. The molecule has 0 saturated carbocycles. The Hall–Kier alpha value is -3.68. The van der Waals surface area contributed by atoms with Crippen LogP contribution in [-0.4, -0.2) is 34.1 Å². The number of rotatable bonds is 8. The van der Waals surface area contributed by atoms with E-state index in [0.29, 0.717) is 23.6 Å². The highest BCUT2D eigenvalue weighted by Crippen LogP contribution is 2.35. The molecule has 8 nitrogen and oxygen atoms in total. The molecule has 2 aromatic carbocycles. The Morgan fingerprint density at radius 2 is 1.94 bits per heavy atom. The Morgan fingerprint density at radius 3 is 2.68 bits per heavy atom. The molecule has 0 unspecified atom stereocenters. The lowest BCUT2D eigenvalue weighted by molar-refractivity contribution is -0.132. The lowest BCUT2D eigenvalue weighted by Crippen LogP contribution is -2.44. The van der Waals surface area contributed by atoms with Crippen LogP contribution in [0.3, 0.4) is 0 Å². The average Bonchev–Trinajstić information content (AvgIpc) is 3.37. The summed E-state index contributed by atoms with van der Waals surface area (Å²) in [6.45, 7) is 1.96. The zero-order valence-electron chi connectivity index (χ0n) is 17.5. The Labute approximate surface area is 180 Å². The molecule has 2 heterocycles. The highest BCUT2D eigenvalue weighted by molar-refractivity contribution is 6.07. The van der Waals surface area contributed by atoms with Crippen molar-refractivity contribution < 1.29 is 18.8 Å². The molecular formula is C23H24N4O4. The highest BCUT2D eigenvalue weighted by Gasteiger charge is 2.52. The minimum Gasteiger partial charge on any atom is -0.497 e. The molecule has 1 aromatic heterocycles. The van der Waals surface area contributed by atoms with Crippen LogP contribution in [0.4, 0.5) is 4.79 Å². The van der Waals surface area contributed by atoms with Crippen LogP contribution < -0.4 is 10.1 Å². The van der Waals surface area contributed by atoms with Gasteiger partial charge in [0.15, 0.2) is 0 Å². The summed E-state index contributed by atoms with van der Waals surface area (Å²) in [4.78, 5) is 31.7. The number of methoxy groups -OCH3 is 1. The predicted molar refractivity (Wildman–Crippen MR) is 113 cm³/mol. The van der Waals surface area contributed by atoms with Gasteiger partial charge in [-0.1, -0.05) is 67.4 Å². The number of unbranched alkanes of at least 4 members (excludes halogenated alkanes) is 1. The quantitative estimate of drug-likeness (QED) is 0.556. The SMILES string of the molecule is CCCC[C@]1(c2ccccc2)NC(=O)N(Cc2nc(-c3cccc(OC)c3)no2)C1=O. The van der Waals surface area contributed by atoms with Crippen molar-refractivity contribution in [3.8, 4) is 17.1 Å². The molecule has 1 aliphatic rings. The molecule has 160 valence electrons. The summed E-state index contributed by atoms with van der Waals surface area (Å²) in [5.74, 6) is 0.904. The van der Waals surface area contributed by atoms with Crippen molar-refractivity contribution in [1.29, 1.82) is 0 Å². The number of carbonyl (C=O) groups excluding carboxylic acids is 2. The number of aromatic nitrogens is 2. The van der Waals surface area contributed by atoms with E-state index >= 15 is 0 Å². The Kier molecular flexibility index (Phi) is 5.70. The van der Waals surface area contributed by atoms with Crippen LogP contribution in [0, 0.1) is 0 Å². The van der Waals surface area contributed by atoms with Crippen molar-refractivity contribution in [2.45, 2.75) is 38.3 Å². The Bertz CT molecular complexity index is 1080. The molecule has 0 radical (unpaired) electrons. The smallest absolute Gasteiger partial charge is 0.325 e. The van der Waals surface area contributed by atoms with Gasteiger partial charge in [0.1, 0.15) is 17.8 Å². The van der Waals surface area contributed by atoms with Crippen molar-refractivity contribution in [2.75, 3.05) is 7.11 Å². The number of nitrogens with zero attached hydrogens (tertiary/aromatic N) is 3. The van der Waals surface area contributed by atoms with E-state index in [-0.39, 0.29) is 18.3 Å². The van der Waals surface area contributed by atoms with Gasteiger partial charge >= 0.3 is 6.03 Å². The van der Waals surface area contributed by atoms with E-state index in [1.807, 2.05) is 48.5 Å². The second-order valence-electron chi connectivity index (χ2n) is 7.44. The maximum atomic E-state index is 13.4. The van der Waals surface area contributed by atoms with E-state index < -0.39 is 11.6 Å². The van der Waals surface area contributed by atoms with Gasteiger partial charge in [0.2, 0.25) is 11.7 Å². The van der Waals surface area contributed by atoms with Crippen molar-refractivity contribution >= 4 is 11.9 Å². The van der Waals surface area contributed by atoms with E-state index in [0.717, 1.165) is 23.3 Å². The molecule has 0 spiro atoms. The van der Waals surface area contributed by atoms with Gasteiger partial charge in [0.05, 0.1) is 7.11 Å². The standard InChI is InChI=1S/C23H24N4O4/c1-3-4-13-23(17-10-6-5-7-11-17)21(28)27(22(29)25-23)15-19-24-20(26-31-19)16-9-8-12-18(14-16)30-2/h5-12,14H,3-4,13,15H2,1-2H3,(H,25,29)/t23-/m1/s1. The van der Waals surface area contributed by atoms with E-state index in [1.54, 1.807) is 13.2 Å². The molecule has 3 amide bonds. The Morgan fingerprint density at radius 1 is 1.13 bits per heavy atom. The second-order valence-corrected chi connectivity index (χ2v) is 7.44. The number of benzene rings is 2. The maximum Gasteiger partial charge on any atom is 0.325 e. The van der Waals surface area contributed by atoms with Crippen LogP contribution in [0.1, 0.15) is 37.6 Å². The first-order valence-corrected chi connectivity index (χ1v) is 10.2. The van der Waals surface area contributed by atoms with Crippen LogP contribution in [-0.2, 0) is 16.9 Å². The largest absolute Gasteiger partial charge is 0.497 e. The first kappa shape index (κ1) is 20.6. The van der Waals surface area contributed by atoms with Gasteiger partial charge in [0, 0.05) is 5.56 Å². The molecule has 4 rings (SSSR count). The van der Waals surface area contributed by atoms with Crippen LogP contribution in [0.5, 0.6) is 5.75 Å². The van der Waals surface area contributed by atoms with E-state index in [2.05, 4.69) is 22.4 Å². The molecule has 31 heavy (non-hydrogen) atoms. The van der Waals surface area contributed by atoms with Gasteiger partial charge in [-0.15, -0.1) is 0 Å². The molecule has 1 atom stereocenters.